The number of halogens is 1. The molecule has 112 valence electrons. The van der Waals surface area contributed by atoms with Crippen molar-refractivity contribution in [2.75, 3.05) is 5.32 Å². The van der Waals surface area contributed by atoms with Crippen molar-refractivity contribution >= 4 is 5.82 Å². The average Bonchev–Trinajstić information content (AvgIpc) is 2.37. The number of rotatable bonds is 4. The first-order valence-electron chi connectivity index (χ1n) is 7.25. The number of aryl methyl sites for hydroxylation is 2. The highest BCUT2D eigenvalue weighted by atomic mass is 19.1. The van der Waals surface area contributed by atoms with Crippen molar-refractivity contribution in [1.29, 1.82) is 0 Å². The zero-order chi connectivity index (χ0) is 15.6. The molecule has 1 aromatic carbocycles. The maximum atomic E-state index is 13.4. The van der Waals surface area contributed by atoms with Crippen molar-refractivity contribution in [3.05, 3.63) is 52.5 Å². The highest BCUT2D eigenvalue weighted by Gasteiger charge is 2.13. The van der Waals surface area contributed by atoms with Crippen LogP contribution in [0.25, 0.3) is 0 Å². The van der Waals surface area contributed by atoms with Crippen LogP contribution in [0.15, 0.2) is 24.3 Å². The van der Waals surface area contributed by atoms with Crippen LogP contribution in [-0.2, 0) is 0 Å². The van der Waals surface area contributed by atoms with Gasteiger partial charge in [-0.1, -0.05) is 13.8 Å². The second-order valence-electron chi connectivity index (χ2n) is 5.82. The number of nitrogens with one attached hydrogen (secondary N) is 1. The summed E-state index contributed by atoms with van der Waals surface area (Å²) in [5.41, 5.74) is 3.96. The first-order valence-corrected chi connectivity index (χ1v) is 7.25. The fourth-order valence-electron chi connectivity index (χ4n) is 2.63. The highest BCUT2D eigenvalue weighted by Crippen LogP contribution is 2.25. The summed E-state index contributed by atoms with van der Waals surface area (Å²) in [4.78, 5) is 0. The molecule has 0 saturated carbocycles. The molecule has 0 aliphatic heterocycles. The summed E-state index contributed by atoms with van der Waals surface area (Å²) in [6.07, 6.45) is 0. The Balaban J connectivity index is 2.20. The number of nitrogens with zero attached hydrogens (tertiary/aromatic N) is 2. The van der Waals surface area contributed by atoms with Gasteiger partial charge in [-0.2, -0.15) is 5.10 Å². The third kappa shape index (κ3) is 3.57. The van der Waals surface area contributed by atoms with Crippen LogP contribution in [0.4, 0.5) is 10.2 Å². The van der Waals surface area contributed by atoms with E-state index >= 15 is 0 Å². The van der Waals surface area contributed by atoms with Gasteiger partial charge in [0.1, 0.15) is 11.6 Å². The molecule has 0 unspecified atom stereocenters. The number of benzene rings is 1. The molecule has 0 saturated heterocycles. The van der Waals surface area contributed by atoms with Gasteiger partial charge in [0.05, 0.1) is 11.7 Å². The van der Waals surface area contributed by atoms with Gasteiger partial charge in [-0.25, -0.2) is 4.39 Å². The summed E-state index contributed by atoms with van der Waals surface area (Å²) in [5.74, 6) is 0.905. The molecule has 0 aliphatic carbocycles. The van der Waals surface area contributed by atoms with Crippen molar-refractivity contribution in [3.63, 3.8) is 0 Å². The monoisotopic (exact) mass is 287 g/mol. The van der Waals surface area contributed by atoms with E-state index in [1.54, 1.807) is 12.1 Å². The van der Waals surface area contributed by atoms with Gasteiger partial charge in [0, 0.05) is 0 Å². The van der Waals surface area contributed by atoms with E-state index in [4.69, 9.17) is 0 Å². The van der Waals surface area contributed by atoms with Crippen LogP contribution in [0.2, 0.25) is 0 Å². The van der Waals surface area contributed by atoms with Crippen molar-refractivity contribution in [2.45, 2.75) is 46.6 Å². The third-order valence-corrected chi connectivity index (χ3v) is 3.63. The summed E-state index contributed by atoms with van der Waals surface area (Å²) in [6.45, 7) is 10.1. The molecule has 1 heterocycles. The first-order chi connectivity index (χ1) is 9.88. The van der Waals surface area contributed by atoms with Crippen LogP contribution >= 0.6 is 0 Å². The van der Waals surface area contributed by atoms with Crippen molar-refractivity contribution in [1.82, 2.24) is 10.2 Å². The topological polar surface area (TPSA) is 37.8 Å². The predicted molar refractivity (Wildman–Crippen MR) is 84.0 cm³/mol. The molecule has 1 N–H and O–H groups in total. The van der Waals surface area contributed by atoms with Crippen LogP contribution in [0.3, 0.4) is 0 Å². The summed E-state index contributed by atoms with van der Waals surface area (Å²) < 4.78 is 13.4. The minimum Gasteiger partial charge on any atom is -0.362 e. The Morgan fingerprint density at radius 3 is 2.10 bits per heavy atom. The largest absolute Gasteiger partial charge is 0.362 e. The van der Waals surface area contributed by atoms with Gasteiger partial charge in [-0.3, -0.25) is 0 Å². The molecule has 0 amide bonds. The van der Waals surface area contributed by atoms with E-state index in [1.807, 2.05) is 32.9 Å². The molecule has 3 nitrogen and oxygen atoms in total. The molecule has 0 bridgehead atoms. The molecule has 1 atom stereocenters. The average molecular weight is 287 g/mol. The number of hydrogen-bond acceptors (Lipinski definition) is 3. The van der Waals surface area contributed by atoms with Gasteiger partial charge in [-0.15, -0.1) is 5.10 Å². The number of aromatic nitrogens is 2. The van der Waals surface area contributed by atoms with E-state index in [-0.39, 0.29) is 11.9 Å². The van der Waals surface area contributed by atoms with Gasteiger partial charge in [0.2, 0.25) is 0 Å². The Kier molecular flexibility index (Phi) is 4.56. The lowest BCUT2D eigenvalue weighted by atomic mass is 9.97. The lowest BCUT2D eigenvalue weighted by molar-refractivity contribution is 0.623. The second kappa shape index (κ2) is 6.20. The SMILES string of the molecule is Cc1cc(F)cc(C)c1[C@H](C)Nc1ccc(C(C)C)nn1. The smallest absolute Gasteiger partial charge is 0.149 e. The maximum Gasteiger partial charge on any atom is 0.149 e. The van der Waals surface area contributed by atoms with E-state index in [1.165, 1.54) is 0 Å². The highest BCUT2D eigenvalue weighted by molar-refractivity contribution is 5.43. The molecule has 2 rings (SSSR count). The fraction of sp³-hybridized carbons (Fsp3) is 0.412. The van der Waals surface area contributed by atoms with Gasteiger partial charge in [0.15, 0.2) is 0 Å². The molecule has 0 aliphatic rings. The van der Waals surface area contributed by atoms with Crippen molar-refractivity contribution in [3.8, 4) is 0 Å². The minimum atomic E-state index is -0.193. The Hall–Kier alpha value is -1.97. The molecule has 0 fully saturated rings. The molecule has 21 heavy (non-hydrogen) atoms. The zero-order valence-corrected chi connectivity index (χ0v) is 13.2. The van der Waals surface area contributed by atoms with Crippen molar-refractivity contribution in [2.24, 2.45) is 0 Å². The fourth-order valence-corrected chi connectivity index (χ4v) is 2.63. The molecular formula is C17H22FN3. The van der Waals surface area contributed by atoms with Crippen LogP contribution in [-0.4, -0.2) is 10.2 Å². The molecule has 0 radical (unpaired) electrons. The van der Waals surface area contributed by atoms with Gasteiger partial charge in [-0.05, 0) is 67.6 Å². The molecule has 4 heteroatoms. The normalized spacial score (nSPS) is 12.5. The number of anilines is 1. The van der Waals surface area contributed by atoms with E-state index in [0.717, 1.165) is 28.2 Å². The second-order valence-corrected chi connectivity index (χ2v) is 5.82. The van der Waals surface area contributed by atoms with E-state index < -0.39 is 0 Å². The zero-order valence-electron chi connectivity index (χ0n) is 13.2. The van der Waals surface area contributed by atoms with Crippen LogP contribution in [0.5, 0.6) is 0 Å². The molecule has 1 aromatic heterocycles. The quantitative estimate of drug-likeness (QED) is 0.897. The third-order valence-electron chi connectivity index (χ3n) is 3.63. The van der Waals surface area contributed by atoms with Crippen LogP contribution in [0.1, 0.15) is 55.1 Å². The lowest BCUT2D eigenvalue weighted by Crippen LogP contribution is -2.12. The van der Waals surface area contributed by atoms with E-state index in [0.29, 0.717) is 5.92 Å². The lowest BCUT2D eigenvalue weighted by Gasteiger charge is -2.19. The van der Waals surface area contributed by atoms with Crippen molar-refractivity contribution < 1.29 is 4.39 Å². The molecule has 2 aromatic rings. The molecule has 0 spiro atoms. The summed E-state index contributed by atoms with van der Waals surface area (Å²) >= 11 is 0. The van der Waals surface area contributed by atoms with Gasteiger partial charge >= 0.3 is 0 Å². The van der Waals surface area contributed by atoms with E-state index in [9.17, 15) is 4.39 Å². The first kappa shape index (κ1) is 15.4. The Labute approximate surface area is 125 Å². The standard InChI is InChI=1S/C17H22FN3/c1-10(2)15-6-7-16(21-20-15)19-13(5)17-11(3)8-14(18)9-12(17)4/h6-10,13H,1-5H3,(H,19,21)/t13-/m0/s1. The Morgan fingerprint density at radius 2 is 1.62 bits per heavy atom. The van der Waals surface area contributed by atoms with Gasteiger partial charge in [0.25, 0.3) is 0 Å². The number of hydrogen-bond donors (Lipinski definition) is 1. The van der Waals surface area contributed by atoms with Crippen LogP contribution in [0, 0.1) is 19.7 Å². The maximum absolute atomic E-state index is 13.4. The van der Waals surface area contributed by atoms with E-state index in [2.05, 4.69) is 29.4 Å². The Morgan fingerprint density at radius 1 is 1.00 bits per heavy atom. The Bertz CT molecular complexity index is 597. The van der Waals surface area contributed by atoms with Gasteiger partial charge < -0.3 is 5.32 Å². The summed E-state index contributed by atoms with van der Waals surface area (Å²) in [5, 5.41) is 11.7. The van der Waals surface area contributed by atoms with Crippen LogP contribution < -0.4 is 5.32 Å². The molecular weight excluding hydrogens is 265 g/mol. The summed E-state index contributed by atoms with van der Waals surface area (Å²) in [6, 6.07) is 7.09. The summed E-state index contributed by atoms with van der Waals surface area (Å²) in [7, 11) is 0. The predicted octanol–water partition coefficient (Wildman–Crippen LogP) is 4.53. The minimum absolute atomic E-state index is 0.0461.